The first-order valence-corrected chi connectivity index (χ1v) is 7.73. The molecule has 0 radical (unpaired) electrons. The van der Waals surface area contributed by atoms with Gasteiger partial charge in [-0.1, -0.05) is 34.6 Å². The Kier molecular flexibility index (Phi) is 10.7. The number of nitrogens with two attached hydrogens (primary N) is 1. The lowest BCUT2D eigenvalue weighted by molar-refractivity contribution is 0.197. The molecule has 0 heterocycles. The molecule has 0 rings (SSSR count). The predicted octanol–water partition coefficient (Wildman–Crippen LogP) is 2.27. The lowest BCUT2D eigenvalue weighted by atomic mass is 9.95. The largest absolute Gasteiger partial charge is 0.330 e. The van der Waals surface area contributed by atoms with E-state index in [4.69, 9.17) is 5.73 Å². The van der Waals surface area contributed by atoms with Gasteiger partial charge in [0.2, 0.25) is 0 Å². The normalized spacial score (nSPS) is 13.8. The average Bonchev–Trinajstić information content (AvgIpc) is 2.37. The Labute approximate surface area is 115 Å². The molecule has 1 unspecified atom stereocenters. The van der Waals surface area contributed by atoms with Gasteiger partial charge in [-0.25, -0.2) is 0 Å². The van der Waals surface area contributed by atoms with Gasteiger partial charge in [0.1, 0.15) is 0 Å². The van der Waals surface area contributed by atoms with E-state index in [-0.39, 0.29) is 0 Å². The second kappa shape index (κ2) is 10.8. The molecule has 0 aliphatic heterocycles. The Balaban J connectivity index is 3.96. The standard InChI is InChI=1S/C15H35N3/c1-6-17(7-2)10-9-11-18(8-3)13-15(12-16)14(4)5/h14-15H,6-13,16H2,1-5H3. The van der Waals surface area contributed by atoms with Gasteiger partial charge in [0.15, 0.2) is 0 Å². The summed E-state index contributed by atoms with van der Waals surface area (Å²) in [6, 6.07) is 0. The van der Waals surface area contributed by atoms with Crippen LogP contribution in [0, 0.1) is 11.8 Å². The van der Waals surface area contributed by atoms with Gasteiger partial charge in [-0.15, -0.1) is 0 Å². The molecule has 0 saturated heterocycles. The fraction of sp³-hybridized carbons (Fsp3) is 1.00. The van der Waals surface area contributed by atoms with Crippen LogP contribution in [0.1, 0.15) is 41.0 Å². The third-order valence-corrected chi connectivity index (χ3v) is 4.03. The molecule has 0 fully saturated rings. The van der Waals surface area contributed by atoms with Gasteiger partial charge in [-0.05, 0) is 57.5 Å². The Morgan fingerprint density at radius 2 is 1.39 bits per heavy atom. The third kappa shape index (κ3) is 7.34. The van der Waals surface area contributed by atoms with Crippen LogP contribution in [-0.4, -0.2) is 55.6 Å². The van der Waals surface area contributed by atoms with Crippen LogP contribution in [0.5, 0.6) is 0 Å². The van der Waals surface area contributed by atoms with Gasteiger partial charge in [-0.3, -0.25) is 0 Å². The first kappa shape index (κ1) is 17.9. The van der Waals surface area contributed by atoms with E-state index in [0.29, 0.717) is 11.8 Å². The average molecular weight is 257 g/mol. The second-order valence-corrected chi connectivity index (χ2v) is 5.51. The summed E-state index contributed by atoms with van der Waals surface area (Å²) in [4.78, 5) is 5.05. The van der Waals surface area contributed by atoms with Gasteiger partial charge in [0, 0.05) is 6.54 Å². The highest BCUT2D eigenvalue weighted by Gasteiger charge is 2.15. The molecule has 2 N–H and O–H groups in total. The van der Waals surface area contributed by atoms with Crippen molar-refractivity contribution < 1.29 is 0 Å². The zero-order chi connectivity index (χ0) is 14.0. The number of nitrogens with zero attached hydrogens (tertiary/aromatic N) is 2. The lowest BCUT2D eigenvalue weighted by Gasteiger charge is -2.28. The van der Waals surface area contributed by atoms with Crippen LogP contribution >= 0.6 is 0 Å². The highest BCUT2D eigenvalue weighted by atomic mass is 15.1. The predicted molar refractivity (Wildman–Crippen MR) is 81.9 cm³/mol. The second-order valence-electron chi connectivity index (χ2n) is 5.51. The maximum atomic E-state index is 5.86. The Morgan fingerprint density at radius 3 is 1.78 bits per heavy atom. The van der Waals surface area contributed by atoms with Crippen LogP contribution in [0.3, 0.4) is 0 Å². The molecule has 18 heavy (non-hydrogen) atoms. The van der Waals surface area contributed by atoms with Crippen molar-refractivity contribution in [3.63, 3.8) is 0 Å². The quantitative estimate of drug-likeness (QED) is 0.616. The molecule has 0 aromatic heterocycles. The number of hydrogen-bond donors (Lipinski definition) is 1. The van der Waals surface area contributed by atoms with Crippen molar-refractivity contribution in [3.8, 4) is 0 Å². The topological polar surface area (TPSA) is 32.5 Å². The van der Waals surface area contributed by atoms with Crippen molar-refractivity contribution in [1.82, 2.24) is 9.80 Å². The van der Waals surface area contributed by atoms with Crippen LogP contribution in [0.15, 0.2) is 0 Å². The molecule has 0 bridgehead atoms. The van der Waals surface area contributed by atoms with E-state index in [1.54, 1.807) is 0 Å². The minimum absolute atomic E-state index is 0.637. The van der Waals surface area contributed by atoms with Crippen LogP contribution in [0.25, 0.3) is 0 Å². The van der Waals surface area contributed by atoms with E-state index >= 15 is 0 Å². The lowest BCUT2D eigenvalue weighted by Crippen LogP contribution is -2.37. The van der Waals surface area contributed by atoms with Crippen molar-refractivity contribution in [2.75, 3.05) is 45.8 Å². The molecule has 0 aromatic rings. The summed E-state index contributed by atoms with van der Waals surface area (Å²) in [5.74, 6) is 1.32. The molecule has 110 valence electrons. The zero-order valence-corrected chi connectivity index (χ0v) is 13.3. The molecule has 3 nitrogen and oxygen atoms in total. The van der Waals surface area contributed by atoms with E-state index in [0.717, 1.165) is 19.6 Å². The van der Waals surface area contributed by atoms with Crippen molar-refractivity contribution in [2.45, 2.75) is 41.0 Å². The molecule has 0 amide bonds. The summed E-state index contributed by atoms with van der Waals surface area (Å²) in [6.45, 7) is 19.2. The smallest absolute Gasteiger partial charge is 0.00241 e. The van der Waals surface area contributed by atoms with Crippen molar-refractivity contribution in [3.05, 3.63) is 0 Å². The van der Waals surface area contributed by atoms with E-state index in [1.807, 2.05) is 0 Å². The molecular formula is C15H35N3. The van der Waals surface area contributed by atoms with Crippen molar-refractivity contribution >= 4 is 0 Å². The maximum absolute atomic E-state index is 5.86. The number of hydrogen-bond acceptors (Lipinski definition) is 3. The molecule has 0 aromatic carbocycles. The summed E-state index contributed by atoms with van der Waals surface area (Å²) in [6.07, 6.45) is 1.27. The van der Waals surface area contributed by atoms with Gasteiger partial charge in [0.05, 0.1) is 0 Å². The fourth-order valence-corrected chi connectivity index (χ4v) is 2.33. The monoisotopic (exact) mass is 257 g/mol. The zero-order valence-electron chi connectivity index (χ0n) is 13.3. The molecule has 0 saturated carbocycles. The fourth-order valence-electron chi connectivity index (χ4n) is 2.33. The highest BCUT2D eigenvalue weighted by molar-refractivity contribution is 4.69. The minimum Gasteiger partial charge on any atom is -0.330 e. The van der Waals surface area contributed by atoms with Gasteiger partial charge in [-0.2, -0.15) is 0 Å². The van der Waals surface area contributed by atoms with Crippen LogP contribution in [0.2, 0.25) is 0 Å². The highest BCUT2D eigenvalue weighted by Crippen LogP contribution is 2.11. The molecule has 1 atom stereocenters. The minimum atomic E-state index is 0.637. The molecule has 0 spiro atoms. The maximum Gasteiger partial charge on any atom is 0.00241 e. The van der Waals surface area contributed by atoms with Crippen molar-refractivity contribution in [1.29, 1.82) is 0 Å². The van der Waals surface area contributed by atoms with E-state index < -0.39 is 0 Å². The van der Waals surface area contributed by atoms with E-state index in [2.05, 4.69) is 44.4 Å². The Bertz CT molecular complexity index is 179. The third-order valence-electron chi connectivity index (χ3n) is 4.03. The summed E-state index contributed by atoms with van der Waals surface area (Å²) in [5, 5.41) is 0. The van der Waals surface area contributed by atoms with Crippen LogP contribution < -0.4 is 5.73 Å². The Morgan fingerprint density at radius 1 is 0.889 bits per heavy atom. The van der Waals surface area contributed by atoms with Crippen LogP contribution in [0.4, 0.5) is 0 Å². The summed E-state index contributed by atoms with van der Waals surface area (Å²) < 4.78 is 0. The van der Waals surface area contributed by atoms with Gasteiger partial charge >= 0.3 is 0 Å². The molecule has 3 heteroatoms. The first-order chi connectivity index (χ1) is 8.58. The van der Waals surface area contributed by atoms with Gasteiger partial charge in [0.25, 0.3) is 0 Å². The molecule has 0 aliphatic carbocycles. The van der Waals surface area contributed by atoms with E-state index in [9.17, 15) is 0 Å². The van der Waals surface area contributed by atoms with Crippen LogP contribution in [-0.2, 0) is 0 Å². The van der Waals surface area contributed by atoms with Crippen molar-refractivity contribution in [2.24, 2.45) is 17.6 Å². The first-order valence-electron chi connectivity index (χ1n) is 7.73. The SMILES string of the molecule is CCN(CC)CCCN(CC)CC(CN)C(C)C. The summed E-state index contributed by atoms with van der Waals surface area (Å²) in [7, 11) is 0. The summed E-state index contributed by atoms with van der Waals surface area (Å²) in [5.41, 5.74) is 5.86. The van der Waals surface area contributed by atoms with Gasteiger partial charge < -0.3 is 15.5 Å². The molecule has 0 aliphatic rings. The Hall–Kier alpha value is -0.120. The summed E-state index contributed by atoms with van der Waals surface area (Å²) >= 11 is 0. The van der Waals surface area contributed by atoms with E-state index in [1.165, 1.54) is 32.6 Å². The number of rotatable bonds is 11. The molecular weight excluding hydrogens is 222 g/mol.